The summed E-state index contributed by atoms with van der Waals surface area (Å²) in [5.41, 5.74) is 0. The number of rotatable bonds is 3. The van der Waals surface area contributed by atoms with Crippen molar-refractivity contribution in [2.24, 2.45) is 29.6 Å². The fourth-order valence-electron chi connectivity index (χ4n) is 4.79. The zero-order chi connectivity index (χ0) is 28.0. The first kappa shape index (κ1) is 36.6. The smallest absolute Gasteiger partial charge is 0.329 e. The molecule has 0 saturated heterocycles. The first-order chi connectivity index (χ1) is 17.5. The number of allylic oxidation sites excluding steroid dienone is 4. The van der Waals surface area contributed by atoms with Gasteiger partial charge in [0.15, 0.2) is 0 Å². The van der Waals surface area contributed by atoms with Crippen LogP contribution < -0.4 is 0 Å². The second kappa shape index (κ2) is 19.6. The summed E-state index contributed by atoms with van der Waals surface area (Å²) in [7, 11) is 0. The molecule has 7 heteroatoms. The van der Waals surface area contributed by atoms with Crippen LogP contribution in [0.3, 0.4) is 0 Å². The van der Waals surface area contributed by atoms with Crippen molar-refractivity contribution in [3.8, 4) is 0 Å². The summed E-state index contributed by atoms with van der Waals surface area (Å²) in [6.07, 6.45) is 15.2. The minimum absolute atomic E-state index is 0. The summed E-state index contributed by atoms with van der Waals surface area (Å²) in [5.74, 6) is -0.754. The summed E-state index contributed by atoms with van der Waals surface area (Å²) >= 11 is 0. The number of cyclic esters (lactones) is 1. The van der Waals surface area contributed by atoms with Crippen molar-refractivity contribution >= 4 is 5.97 Å². The topological polar surface area (TPSA) is 107 Å². The van der Waals surface area contributed by atoms with E-state index in [9.17, 15) is 25.2 Å². The van der Waals surface area contributed by atoms with Crippen LogP contribution in [-0.4, -0.2) is 56.9 Å². The van der Waals surface area contributed by atoms with Gasteiger partial charge in [0.2, 0.25) is 0 Å². The van der Waals surface area contributed by atoms with Crippen LogP contribution in [0, 0.1) is 36.0 Å². The molecular formula is C31H49O6W-. The average molecular weight is 702 g/mol. The monoisotopic (exact) mass is 701 g/mol. The molecule has 0 aromatic rings. The molecule has 216 valence electrons. The zero-order valence-electron chi connectivity index (χ0n) is 23.6. The fourth-order valence-corrected chi connectivity index (χ4v) is 4.79. The third-order valence-electron chi connectivity index (χ3n) is 7.21. The van der Waals surface area contributed by atoms with Gasteiger partial charge in [-0.25, -0.2) is 23.4 Å². The molecule has 0 bridgehead atoms. The maximum atomic E-state index is 12.5. The Hall–Kier alpha value is -1.43. The van der Waals surface area contributed by atoms with Crippen molar-refractivity contribution in [2.75, 3.05) is 0 Å². The third kappa shape index (κ3) is 14.1. The molecule has 38 heavy (non-hydrogen) atoms. The van der Waals surface area contributed by atoms with Gasteiger partial charge >= 0.3 is 5.97 Å². The van der Waals surface area contributed by atoms with E-state index in [0.29, 0.717) is 6.42 Å². The Morgan fingerprint density at radius 3 is 2.39 bits per heavy atom. The largest absolute Gasteiger partial charge is 0.458 e. The maximum absolute atomic E-state index is 12.5. The summed E-state index contributed by atoms with van der Waals surface area (Å²) in [5, 5.41) is 42.2. The number of aliphatic hydroxyl groups is 4. The summed E-state index contributed by atoms with van der Waals surface area (Å²) in [6.45, 7) is 13.6. The van der Waals surface area contributed by atoms with Gasteiger partial charge in [-0.2, -0.15) is 0 Å². The number of ether oxygens (including phenoxy) is 1. The predicted octanol–water partition coefficient (Wildman–Crippen LogP) is 4.71. The van der Waals surface area contributed by atoms with E-state index >= 15 is 0 Å². The molecule has 1 aliphatic rings. The van der Waals surface area contributed by atoms with Gasteiger partial charge < -0.3 is 25.2 Å². The molecule has 0 amide bonds. The fraction of sp³-hybridized carbons (Fsp3) is 0.613. The van der Waals surface area contributed by atoms with Crippen LogP contribution in [0.2, 0.25) is 0 Å². The van der Waals surface area contributed by atoms with E-state index in [-0.39, 0.29) is 57.1 Å². The van der Waals surface area contributed by atoms with Gasteiger partial charge in [0.1, 0.15) is 6.10 Å². The molecule has 0 fully saturated rings. The van der Waals surface area contributed by atoms with Crippen LogP contribution >= 0.6 is 0 Å². The van der Waals surface area contributed by atoms with Gasteiger partial charge in [-0.05, 0) is 37.5 Å². The van der Waals surface area contributed by atoms with Crippen LogP contribution in [0.5, 0.6) is 0 Å². The van der Waals surface area contributed by atoms with Gasteiger partial charge in [0.05, 0.1) is 18.3 Å². The van der Waals surface area contributed by atoms with E-state index in [1.54, 1.807) is 36.5 Å². The molecule has 6 nitrogen and oxygen atoms in total. The molecule has 1 heterocycles. The van der Waals surface area contributed by atoms with Crippen molar-refractivity contribution < 1.29 is 51.0 Å². The van der Waals surface area contributed by atoms with E-state index < -0.39 is 36.5 Å². The second-order valence-electron chi connectivity index (χ2n) is 10.7. The molecule has 0 radical (unpaired) electrons. The number of carbonyl (C=O) groups is 1. The Bertz CT molecular complexity index is 791. The Labute approximate surface area is 244 Å². The number of hydrogen-bond acceptors (Lipinski definition) is 6. The van der Waals surface area contributed by atoms with Crippen LogP contribution in [-0.2, 0) is 30.6 Å². The molecule has 0 saturated carbocycles. The molecule has 2 unspecified atom stereocenters. The molecule has 0 aromatic carbocycles. The SMILES string of the molecule is C=C/C=C\[C@H](C)[C@@H]1OC(=O)/C=C\C=C\[CH-][C@@H](O)C[C@H](O)/C=C\[C@H](C)[C@H](O)[C@@H](C)CC(C)CCC(O)[C@@H]1C.[W]. The van der Waals surface area contributed by atoms with Gasteiger partial charge in [-0.3, -0.25) is 0 Å². The predicted molar refractivity (Wildman–Crippen MR) is 149 cm³/mol. The molecule has 10 atom stereocenters. The normalized spacial score (nSPS) is 38.2. The van der Waals surface area contributed by atoms with Crippen LogP contribution in [0.1, 0.15) is 60.3 Å². The van der Waals surface area contributed by atoms with Crippen molar-refractivity contribution in [2.45, 2.75) is 90.8 Å². The molecule has 0 spiro atoms. The van der Waals surface area contributed by atoms with E-state index in [1.165, 1.54) is 18.6 Å². The zero-order valence-corrected chi connectivity index (χ0v) is 26.5. The number of hydrogen-bond donors (Lipinski definition) is 4. The van der Waals surface area contributed by atoms with Crippen LogP contribution in [0.25, 0.3) is 0 Å². The summed E-state index contributed by atoms with van der Waals surface area (Å²) in [4.78, 5) is 12.5. The molecule has 0 aliphatic carbocycles. The molecular weight excluding hydrogens is 652 g/mol. The Kier molecular flexibility index (Phi) is 18.9. The molecule has 1 rings (SSSR count). The van der Waals surface area contributed by atoms with Gasteiger partial charge in [0.25, 0.3) is 0 Å². The first-order valence-electron chi connectivity index (χ1n) is 13.5. The molecule has 1 aliphatic heterocycles. The summed E-state index contributed by atoms with van der Waals surface area (Å²) in [6, 6.07) is 0. The Morgan fingerprint density at radius 1 is 1.05 bits per heavy atom. The quantitative estimate of drug-likeness (QED) is 0.147. The van der Waals surface area contributed by atoms with Gasteiger partial charge in [0, 0.05) is 51.0 Å². The van der Waals surface area contributed by atoms with Crippen molar-refractivity contribution in [3.63, 3.8) is 0 Å². The van der Waals surface area contributed by atoms with Gasteiger partial charge in [-0.1, -0.05) is 71.6 Å². The summed E-state index contributed by atoms with van der Waals surface area (Å²) < 4.78 is 5.77. The first-order valence-corrected chi connectivity index (χ1v) is 13.5. The molecule has 0 aromatic heterocycles. The Morgan fingerprint density at radius 2 is 1.74 bits per heavy atom. The van der Waals surface area contributed by atoms with Crippen molar-refractivity contribution in [1.82, 2.24) is 0 Å². The third-order valence-corrected chi connectivity index (χ3v) is 7.21. The van der Waals surface area contributed by atoms with Crippen molar-refractivity contribution in [1.29, 1.82) is 0 Å². The maximum Gasteiger partial charge on any atom is 0.329 e. The minimum Gasteiger partial charge on any atom is -0.458 e. The van der Waals surface area contributed by atoms with Crippen LogP contribution in [0.4, 0.5) is 0 Å². The average Bonchev–Trinajstić information content (AvgIpc) is 2.85. The van der Waals surface area contributed by atoms with Crippen molar-refractivity contribution in [3.05, 3.63) is 67.7 Å². The van der Waals surface area contributed by atoms with E-state index in [2.05, 4.69) is 13.5 Å². The minimum atomic E-state index is -0.863. The Balaban J connectivity index is 0.0000137. The number of esters is 1. The van der Waals surface area contributed by atoms with E-state index in [1.807, 2.05) is 33.8 Å². The number of aliphatic hydroxyl groups excluding tert-OH is 4. The van der Waals surface area contributed by atoms with E-state index in [4.69, 9.17) is 4.74 Å². The second-order valence-corrected chi connectivity index (χ2v) is 10.7. The van der Waals surface area contributed by atoms with Gasteiger partial charge in [-0.15, -0.1) is 6.08 Å². The standard InChI is InChI=1S/C31H49O6.W/c1-7-8-12-23(4)31-25(6)28(34)18-15-21(2)19-24(5)30(36)22(3)16-17-27(33)20-26(32)13-10-9-11-14-29(35)37-31;/h7-14,16-17,21-28,30-34,36H,1,15,18-20H2,2-6H3;/q-1;/b10-9+,12-8-,14-11-,17-16-;/t21?,22-,23-,24-,25-,26+,27+,28?,30-,31-;/m0./s1. The number of carbonyl (C=O) groups excluding carboxylic acids is 1. The van der Waals surface area contributed by atoms with E-state index in [0.717, 1.165) is 12.8 Å². The molecule has 4 N–H and O–H groups in total. The van der Waals surface area contributed by atoms with Crippen LogP contribution in [0.15, 0.2) is 61.3 Å².